The van der Waals surface area contributed by atoms with E-state index >= 15 is 0 Å². The van der Waals surface area contributed by atoms with E-state index in [4.69, 9.17) is 9.26 Å². The van der Waals surface area contributed by atoms with Crippen molar-refractivity contribution in [3.63, 3.8) is 0 Å². The normalized spacial score (nSPS) is 15.7. The highest BCUT2D eigenvalue weighted by Crippen LogP contribution is 2.22. The van der Waals surface area contributed by atoms with Crippen LogP contribution in [-0.4, -0.2) is 62.8 Å². The zero-order chi connectivity index (χ0) is 20.9. The minimum Gasteiger partial charge on any atom is -0.444 e. The number of piperidine rings is 1. The molecular formula is C21H31N5O3. The van der Waals surface area contributed by atoms with Gasteiger partial charge in [0, 0.05) is 37.6 Å². The van der Waals surface area contributed by atoms with Gasteiger partial charge in [0.15, 0.2) is 0 Å². The Kier molecular flexibility index (Phi) is 6.84. The van der Waals surface area contributed by atoms with Crippen molar-refractivity contribution in [2.45, 2.75) is 52.7 Å². The van der Waals surface area contributed by atoms with E-state index in [0.717, 1.165) is 44.6 Å². The maximum atomic E-state index is 12.2. The Bertz CT molecular complexity index is 779. The highest BCUT2D eigenvalue weighted by molar-refractivity contribution is 5.68. The average molecular weight is 402 g/mol. The summed E-state index contributed by atoms with van der Waals surface area (Å²) in [7, 11) is 0. The number of hydrogen-bond donors (Lipinski definition) is 0. The molecular weight excluding hydrogens is 370 g/mol. The van der Waals surface area contributed by atoms with Crippen molar-refractivity contribution >= 4 is 6.09 Å². The number of nitrogens with zero attached hydrogens (tertiary/aromatic N) is 5. The zero-order valence-electron chi connectivity index (χ0n) is 17.8. The van der Waals surface area contributed by atoms with Gasteiger partial charge in [-0.3, -0.25) is 9.88 Å². The van der Waals surface area contributed by atoms with Gasteiger partial charge in [-0.25, -0.2) is 4.79 Å². The summed E-state index contributed by atoms with van der Waals surface area (Å²) in [6.07, 6.45) is 5.17. The number of ether oxygens (including phenoxy) is 1. The van der Waals surface area contributed by atoms with Gasteiger partial charge < -0.3 is 14.2 Å². The molecule has 1 fully saturated rings. The topological polar surface area (TPSA) is 84.6 Å². The van der Waals surface area contributed by atoms with Gasteiger partial charge in [0.1, 0.15) is 5.60 Å². The Labute approximate surface area is 172 Å². The zero-order valence-corrected chi connectivity index (χ0v) is 17.8. The summed E-state index contributed by atoms with van der Waals surface area (Å²) in [6.45, 7) is 11.8. The van der Waals surface area contributed by atoms with Gasteiger partial charge in [-0.15, -0.1) is 0 Å². The number of amides is 1. The van der Waals surface area contributed by atoms with Crippen LogP contribution in [0.25, 0.3) is 11.4 Å². The molecule has 8 heteroatoms. The summed E-state index contributed by atoms with van der Waals surface area (Å²) in [6, 6.07) is 3.73. The molecule has 0 spiro atoms. The lowest BCUT2D eigenvalue weighted by atomic mass is 9.96. The SMILES string of the molecule is CCN(Cc1nc(-c2ccncc2)no1)CC1CCN(C(=O)OC(C)(C)C)CC1. The standard InChI is InChI=1S/C21H31N5O3/c1-5-25(15-18-23-19(24-29-18)17-6-10-22-11-7-17)14-16-8-12-26(13-9-16)20(27)28-21(2,3)4/h6-7,10-11,16H,5,8-9,12-15H2,1-4H3. The van der Waals surface area contributed by atoms with E-state index in [1.54, 1.807) is 12.4 Å². The van der Waals surface area contributed by atoms with E-state index < -0.39 is 5.60 Å². The Morgan fingerprint density at radius 2 is 1.97 bits per heavy atom. The number of aromatic nitrogens is 3. The molecule has 158 valence electrons. The van der Waals surface area contributed by atoms with E-state index in [1.807, 2.05) is 37.8 Å². The van der Waals surface area contributed by atoms with Gasteiger partial charge in [-0.05, 0) is 58.2 Å². The molecule has 0 bridgehead atoms. The lowest BCUT2D eigenvalue weighted by molar-refractivity contribution is 0.0168. The molecule has 0 aliphatic carbocycles. The summed E-state index contributed by atoms with van der Waals surface area (Å²) < 4.78 is 10.9. The van der Waals surface area contributed by atoms with Crippen molar-refractivity contribution in [1.29, 1.82) is 0 Å². The van der Waals surface area contributed by atoms with Crippen molar-refractivity contribution in [2.24, 2.45) is 5.92 Å². The predicted octanol–water partition coefficient (Wildman–Crippen LogP) is 3.60. The Balaban J connectivity index is 1.49. The van der Waals surface area contributed by atoms with Crippen molar-refractivity contribution in [2.75, 3.05) is 26.2 Å². The van der Waals surface area contributed by atoms with Crippen LogP contribution < -0.4 is 0 Å². The van der Waals surface area contributed by atoms with Crippen LogP contribution in [0.3, 0.4) is 0 Å². The second kappa shape index (κ2) is 9.35. The predicted molar refractivity (Wildman–Crippen MR) is 109 cm³/mol. The smallest absolute Gasteiger partial charge is 0.410 e. The average Bonchev–Trinajstić information content (AvgIpc) is 3.16. The monoisotopic (exact) mass is 401 g/mol. The minimum atomic E-state index is -0.452. The number of carbonyl (C=O) groups is 1. The molecule has 0 saturated carbocycles. The van der Waals surface area contributed by atoms with Gasteiger partial charge in [-0.2, -0.15) is 4.98 Å². The molecule has 8 nitrogen and oxygen atoms in total. The molecule has 1 amide bonds. The van der Waals surface area contributed by atoms with Gasteiger partial charge in [0.25, 0.3) is 0 Å². The summed E-state index contributed by atoms with van der Waals surface area (Å²) in [5.41, 5.74) is 0.444. The number of pyridine rings is 1. The van der Waals surface area contributed by atoms with E-state index in [9.17, 15) is 4.79 Å². The van der Waals surface area contributed by atoms with Crippen molar-refractivity contribution in [3.8, 4) is 11.4 Å². The summed E-state index contributed by atoms with van der Waals surface area (Å²) >= 11 is 0. The maximum absolute atomic E-state index is 12.2. The third-order valence-electron chi connectivity index (χ3n) is 5.00. The first kappa shape index (κ1) is 21.2. The van der Waals surface area contributed by atoms with Crippen LogP contribution in [0.2, 0.25) is 0 Å². The van der Waals surface area contributed by atoms with E-state index in [1.165, 1.54) is 0 Å². The molecule has 0 radical (unpaired) electrons. The Hall–Kier alpha value is -2.48. The van der Waals surface area contributed by atoms with Crippen molar-refractivity contribution in [3.05, 3.63) is 30.4 Å². The van der Waals surface area contributed by atoms with Crippen LogP contribution in [0.5, 0.6) is 0 Å². The second-order valence-electron chi connectivity index (χ2n) is 8.49. The Morgan fingerprint density at radius 1 is 1.28 bits per heavy atom. The number of hydrogen-bond acceptors (Lipinski definition) is 7. The first-order valence-electron chi connectivity index (χ1n) is 10.3. The fourth-order valence-electron chi connectivity index (χ4n) is 3.42. The third-order valence-corrected chi connectivity index (χ3v) is 5.00. The first-order chi connectivity index (χ1) is 13.8. The van der Waals surface area contributed by atoms with Crippen molar-refractivity contribution in [1.82, 2.24) is 24.9 Å². The lowest BCUT2D eigenvalue weighted by Crippen LogP contribution is -2.43. The van der Waals surface area contributed by atoms with Gasteiger partial charge in [0.2, 0.25) is 11.7 Å². The molecule has 0 aromatic carbocycles. The highest BCUT2D eigenvalue weighted by Gasteiger charge is 2.27. The second-order valence-corrected chi connectivity index (χ2v) is 8.49. The molecule has 0 unspecified atom stereocenters. The van der Waals surface area contributed by atoms with Crippen molar-refractivity contribution < 1.29 is 14.1 Å². The molecule has 2 aromatic rings. The third kappa shape index (κ3) is 6.25. The fourth-order valence-corrected chi connectivity index (χ4v) is 3.42. The van der Waals surface area contributed by atoms with E-state index in [2.05, 4.69) is 26.9 Å². The summed E-state index contributed by atoms with van der Waals surface area (Å²) in [5.74, 6) is 1.74. The fraction of sp³-hybridized carbons (Fsp3) is 0.619. The first-order valence-corrected chi connectivity index (χ1v) is 10.3. The molecule has 1 aliphatic rings. The highest BCUT2D eigenvalue weighted by atomic mass is 16.6. The Morgan fingerprint density at radius 3 is 2.59 bits per heavy atom. The molecule has 1 aliphatic heterocycles. The summed E-state index contributed by atoms with van der Waals surface area (Å²) in [5, 5.41) is 4.08. The number of rotatable bonds is 6. The van der Waals surface area contributed by atoms with Gasteiger partial charge >= 0.3 is 6.09 Å². The minimum absolute atomic E-state index is 0.210. The molecule has 0 atom stereocenters. The molecule has 3 rings (SSSR count). The van der Waals surface area contributed by atoms with Gasteiger partial charge in [0.05, 0.1) is 6.54 Å². The maximum Gasteiger partial charge on any atom is 0.410 e. The van der Waals surface area contributed by atoms with Crippen LogP contribution in [0.1, 0.15) is 46.4 Å². The van der Waals surface area contributed by atoms with E-state index in [-0.39, 0.29) is 6.09 Å². The van der Waals surface area contributed by atoms with Crippen LogP contribution >= 0.6 is 0 Å². The molecule has 29 heavy (non-hydrogen) atoms. The molecule has 1 saturated heterocycles. The van der Waals surface area contributed by atoms with Crippen LogP contribution in [0.15, 0.2) is 29.0 Å². The van der Waals surface area contributed by atoms with Crippen LogP contribution in [0.4, 0.5) is 4.79 Å². The lowest BCUT2D eigenvalue weighted by Gasteiger charge is -2.35. The molecule has 3 heterocycles. The van der Waals surface area contributed by atoms with E-state index in [0.29, 0.717) is 24.2 Å². The van der Waals surface area contributed by atoms with Crippen LogP contribution in [0, 0.1) is 5.92 Å². The number of carbonyl (C=O) groups excluding carboxylic acids is 1. The molecule has 0 N–H and O–H groups in total. The quantitative estimate of drug-likeness (QED) is 0.731. The molecule has 2 aromatic heterocycles. The van der Waals surface area contributed by atoms with Crippen LogP contribution in [-0.2, 0) is 11.3 Å². The summed E-state index contributed by atoms with van der Waals surface area (Å²) in [4.78, 5) is 24.9. The largest absolute Gasteiger partial charge is 0.444 e. The number of likely N-dealkylation sites (tertiary alicyclic amines) is 1. The van der Waals surface area contributed by atoms with Gasteiger partial charge in [-0.1, -0.05) is 12.1 Å².